The largest absolute Gasteiger partial charge is 0.276 e. The highest BCUT2D eigenvalue weighted by atomic mass is 79.9. The third-order valence-corrected chi connectivity index (χ3v) is 4.34. The van der Waals surface area contributed by atoms with Gasteiger partial charge in [0.25, 0.3) is 5.24 Å². The molecule has 0 fully saturated rings. The number of pyridine rings is 1. The van der Waals surface area contributed by atoms with Gasteiger partial charge in [0.15, 0.2) is 0 Å². The van der Waals surface area contributed by atoms with Crippen molar-refractivity contribution in [3.63, 3.8) is 0 Å². The molecule has 3 aromatic rings. The minimum absolute atomic E-state index is 0.475. The molecule has 2 aromatic carbocycles. The fourth-order valence-electron chi connectivity index (χ4n) is 2.42. The molecule has 0 bridgehead atoms. The first-order valence-electron chi connectivity index (χ1n) is 6.98. The van der Waals surface area contributed by atoms with Crippen LogP contribution < -0.4 is 0 Å². The van der Waals surface area contributed by atoms with E-state index in [2.05, 4.69) is 40.0 Å². The zero-order valence-electron chi connectivity index (χ0n) is 11.9. The van der Waals surface area contributed by atoms with Gasteiger partial charge in [-0.1, -0.05) is 47.1 Å². The fourth-order valence-corrected chi connectivity index (χ4v) is 2.94. The van der Waals surface area contributed by atoms with Crippen LogP contribution in [0, 0.1) is 0 Å². The molecule has 0 aliphatic carbocycles. The SMILES string of the molecule is CCc1ccc(-c2cc(C(=O)Cl)c3cc(Br)ccc3n2)cc1. The van der Waals surface area contributed by atoms with Gasteiger partial charge in [-0.25, -0.2) is 4.98 Å². The smallest absolute Gasteiger partial charge is 0.253 e. The predicted octanol–water partition coefficient (Wildman–Crippen LogP) is 5.61. The van der Waals surface area contributed by atoms with Crippen LogP contribution in [0.4, 0.5) is 0 Å². The lowest BCUT2D eigenvalue weighted by atomic mass is 10.0. The first kappa shape index (κ1) is 15.2. The van der Waals surface area contributed by atoms with Gasteiger partial charge >= 0.3 is 0 Å². The molecule has 110 valence electrons. The van der Waals surface area contributed by atoms with Crippen molar-refractivity contribution in [2.45, 2.75) is 13.3 Å². The first-order chi connectivity index (χ1) is 10.6. The number of aromatic nitrogens is 1. The molecular formula is C18H13BrClNO. The van der Waals surface area contributed by atoms with E-state index in [0.29, 0.717) is 5.56 Å². The summed E-state index contributed by atoms with van der Waals surface area (Å²) >= 11 is 9.17. The molecule has 0 amide bonds. The number of carbonyl (C=O) groups is 1. The summed E-state index contributed by atoms with van der Waals surface area (Å²) in [5.41, 5.74) is 4.22. The molecule has 0 saturated heterocycles. The highest BCUT2D eigenvalue weighted by molar-refractivity contribution is 9.10. The van der Waals surface area contributed by atoms with Crippen molar-refractivity contribution in [3.8, 4) is 11.3 Å². The van der Waals surface area contributed by atoms with Crippen LogP contribution in [-0.2, 0) is 6.42 Å². The van der Waals surface area contributed by atoms with E-state index < -0.39 is 5.24 Å². The standard InChI is InChI=1S/C18H13BrClNO/c1-2-11-3-5-12(6-4-11)17-10-15(18(20)22)14-9-13(19)7-8-16(14)21-17/h3-10H,2H2,1H3. The van der Waals surface area contributed by atoms with Crippen LogP contribution in [-0.4, -0.2) is 10.2 Å². The van der Waals surface area contributed by atoms with Crippen LogP contribution in [0.15, 0.2) is 53.0 Å². The molecule has 2 nitrogen and oxygen atoms in total. The Balaban J connectivity index is 2.21. The number of rotatable bonds is 3. The second-order valence-corrected chi connectivity index (χ2v) is 6.30. The zero-order chi connectivity index (χ0) is 15.7. The topological polar surface area (TPSA) is 30.0 Å². The quantitative estimate of drug-likeness (QED) is 0.558. The number of fused-ring (bicyclic) bond motifs is 1. The van der Waals surface area contributed by atoms with Gasteiger partial charge in [-0.15, -0.1) is 0 Å². The Morgan fingerprint density at radius 2 is 1.86 bits per heavy atom. The molecule has 0 N–H and O–H groups in total. The van der Waals surface area contributed by atoms with Crippen molar-refractivity contribution in [1.29, 1.82) is 0 Å². The van der Waals surface area contributed by atoms with Crippen LogP contribution in [0.3, 0.4) is 0 Å². The molecule has 1 aromatic heterocycles. The Morgan fingerprint density at radius 1 is 1.14 bits per heavy atom. The minimum atomic E-state index is -0.475. The van der Waals surface area contributed by atoms with Crippen LogP contribution in [0.2, 0.25) is 0 Å². The number of benzene rings is 2. The lowest BCUT2D eigenvalue weighted by Crippen LogP contribution is -1.96. The van der Waals surface area contributed by atoms with Crippen molar-refractivity contribution in [2.24, 2.45) is 0 Å². The van der Waals surface area contributed by atoms with Crippen LogP contribution >= 0.6 is 27.5 Å². The monoisotopic (exact) mass is 373 g/mol. The van der Waals surface area contributed by atoms with Gasteiger partial charge in [0.05, 0.1) is 11.2 Å². The van der Waals surface area contributed by atoms with E-state index in [1.165, 1.54) is 5.56 Å². The number of hydrogen-bond donors (Lipinski definition) is 0. The first-order valence-corrected chi connectivity index (χ1v) is 8.15. The third-order valence-electron chi connectivity index (χ3n) is 3.64. The van der Waals surface area contributed by atoms with E-state index in [0.717, 1.165) is 33.1 Å². The molecular weight excluding hydrogens is 362 g/mol. The van der Waals surface area contributed by atoms with Crippen molar-refractivity contribution in [3.05, 3.63) is 64.1 Å². The summed E-state index contributed by atoms with van der Waals surface area (Å²) in [6.45, 7) is 2.12. The number of carbonyl (C=O) groups excluding carboxylic acids is 1. The summed E-state index contributed by atoms with van der Waals surface area (Å²) < 4.78 is 0.890. The van der Waals surface area contributed by atoms with Crippen molar-refractivity contribution in [1.82, 2.24) is 4.98 Å². The zero-order valence-corrected chi connectivity index (χ0v) is 14.3. The maximum Gasteiger partial charge on any atom is 0.253 e. The van der Waals surface area contributed by atoms with Crippen molar-refractivity contribution in [2.75, 3.05) is 0 Å². The summed E-state index contributed by atoms with van der Waals surface area (Å²) in [6.07, 6.45) is 0.991. The van der Waals surface area contributed by atoms with Crippen LogP contribution in [0.1, 0.15) is 22.8 Å². The highest BCUT2D eigenvalue weighted by Crippen LogP contribution is 2.28. The molecule has 0 saturated carbocycles. The van der Waals surface area contributed by atoms with Crippen molar-refractivity contribution < 1.29 is 4.79 Å². The minimum Gasteiger partial charge on any atom is -0.276 e. The molecule has 0 radical (unpaired) electrons. The Kier molecular flexibility index (Phi) is 4.27. The van der Waals surface area contributed by atoms with E-state index in [-0.39, 0.29) is 0 Å². The third kappa shape index (κ3) is 2.92. The van der Waals surface area contributed by atoms with E-state index >= 15 is 0 Å². The van der Waals surface area contributed by atoms with E-state index in [9.17, 15) is 4.79 Å². The van der Waals surface area contributed by atoms with Gasteiger partial charge in [0, 0.05) is 21.0 Å². The Morgan fingerprint density at radius 3 is 2.50 bits per heavy atom. The average molecular weight is 375 g/mol. The Hall–Kier alpha value is -1.71. The van der Waals surface area contributed by atoms with Gasteiger partial charge in [-0.05, 0) is 47.9 Å². The van der Waals surface area contributed by atoms with Gasteiger partial charge in [-0.2, -0.15) is 0 Å². The summed E-state index contributed by atoms with van der Waals surface area (Å²) in [7, 11) is 0. The molecule has 4 heteroatoms. The normalized spacial score (nSPS) is 10.9. The lowest BCUT2D eigenvalue weighted by molar-refractivity contribution is 0.108. The molecule has 0 spiro atoms. The van der Waals surface area contributed by atoms with E-state index in [1.54, 1.807) is 6.07 Å². The molecule has 1 heterocycles. The number of hydrogen-bond acceptors (Lipinski definition) is 2. The summed E-state index contributed by atoms with van der Waals surface area (Å²) in [5, 5.41) is 0.278. The molecule has 3 rings (SSSR count). The van der Waals surface area contributed by atoms with E-state index in [1.807, 2.05) is 30.3 Å². The molecule has 0 aliphatic rings. The van der Waals surface area contributed by atoms with E-state index in [4.69, 9.17) is 11.6 Å². The Bertz CT molecular complexity index is 859. The number of halogens is 2. The molecule has 22 heavy (non-hydrogen) atoms. The summed E-state index contributed by atoms with van der Waals surface area (Å²) in [4.78, 5) is 16.4. The fraction of sp³-hybridized carbons (Fsp3) is 0.111. The van der Waals surface area contributed by atoms with Gasteiger partial charge in [-0.3, -0.25) is 4.79 Å². The van der Waals surface area contributed by atoms with Gasteiger partial charge < -0.3 is 0 Å². The Labute approximate surface area is 142 Å². The highest BCUT2D eigenvalue weighted by Gasteiger charge is 2.12. The maximum absolute atomic E-state index is 11.8. The lowest BCUT2D eigenvalue weighted by Gasteiger charge is -2.08. The molecule has 0 aliphatic heterocycles. The second-order valence-electron chi connectivity index (χ2n) is 5.04. The van der Waals surface area contributed by atoms with Crippen LogP contribution in [0.5, 0.6) is 0 Å². The van der Waals surface area contributed by atoms with Crippen LogP contribution in [0.25, 0.3) is 22.2 Å². The summed E-state index contributed by atoms with van der Waals surface area (Å²) in [5.74, 6) is 0. The maximum atomic E-state index is 11.8. The molecule has 0 unspecified atom stereocenters. The predicted molar refractivity (Wildman–Crippen MR) is 94.4 cm³/mol. The number of nitrogens with zero attached hydrogens (tertiary/aromatic N) is 1. The van der Waals surface area contributed by atoms with Gasteiger partial charge in [0.1, 0.15) is 0 Å². The van der Waals surface area contributed by atoms with Crippen molar-refractivity contribution >= 4 is 43.7 Å². The molecule has 0 atom stereocenters. The number of aryl methyl sites for hydroxylation is 1. The average Bonchev–Trinajstić information content (AvgIpc) is 2.53. The van der Waals surface area contributed by atoms with Gasteiger partial charge in [0.2, 0.25) is 0 Å². The second kappa shape index (κ2) is 6.19. The summed E-state index contributed by atoms with van der Waals surface area (Å²) in [6, 6.07) is 15.6.